The summed E-state index contributed by atoms with van der Waals surface area (Å²) < 4.78 is 10.4. The van der Waals surface area contributed by atoms with Crippen LogP contribution in [-0.2, 0) is 9.59 Å². The van der Waals surface area contributed by atoms with Crippen LogP contribution in [0.15, 0.2) is 23.3 Å². The maximum absolute atomic E-state index is 11.6. The molecule has 0 aliphatic rings. The molecule has 23 heavy (non-hydrogen) atoms. The Balaban J connectivity index is 2.56. The van der Waals surface area contributed by atoms with Gasteiger partial charge in [0.15, 0.2) is 11.5 Å². The van der Waals surface area contributed by atoms with Crippen molar-refractivity contribution in [1.82, 2.24) is 10.7 Å². The van der Waals surface area contributed by atoms with Crippen molar-refractivity contribution in [2.45, 2.75) is 20.3 Å². The zero-order valence-electron chi connectivity index (χ0n) is 13.9. The molecular weight excluding hydrogens is 298 g/mol. The number of carbonyl (C=O) groups excluding carboxylic acids is 2. The predicted octanol–water partition coefficient (Wildman–Crippen LogP) is 1.32. The summed E-state index contributed by atoms with van der Waals surface area (Å²) in [7, 11) is 3.06. The minimum Gasteiger partial charge on any atom is -0.493 e. The van der Waals surface area contributed by atoms with E-state index in [9.17, 15) is 9.59 Å². The molecule has 0 aliphatic heterocycles. The van der Waals surface area contributed by atoms with Crippen LogP contribution in [0, 0.1) is 5.92 Å². The third-order valence-corrected chi connectivity index (χ3v) is 2.85. The molecule has 7 nitrogen and oxygen atoms in total. The molecule has 0 aromatic heterocycles. The summed E-state index contributed by atoms with van der Waals surface area (Å²) in [4.78, 5) is 23.1. The van der Waals surface area contributed by atoms with E-state index in [1.165, 1.54) is 20.4 Å². The van der Waals surface area contributed by atoms with E-state index < -0.39 is 5.91 Å². The Morgan fingerprint density at radius 1 is 1.22 bits per heavy atom. The maximum atomic E-state index is 11.6. The summed E-state index contributed by atoms with van der Waals surface area (Å²) in [6.07, 6.45) is 1.17. The van der Waals surface area contributed by atoms with Crippen molar-refractivity contribution in [3.05, 3.63) is 23.8 Å². The Kier molecular flexibility index (Phi) is 7.59. The zero-order valence-corrected chi connectivity index (χ0v) is 13.9. The van der Waals surface area contributed by atoms with E-state index in [1.54, 1.807) is 18.2 Å². The van der Waals surface area contributed by atoms with Crippen LogP contribution in [-0.4, -0.2) is 38.8 Å². The Bertz CT molecular complexity index is 570. The number of benzene rings is 1. The summed E-state index contributed by atoms with van der Waals surface area (Å²) in [5, 5.41) is 6.50. The molecule has 2 N–H and O–H groups in total. The van der Waals surface area contributed by atoms with Crippen LogP contribution in [0.1, 0.15) is 25.8 Å². The number of para-hydroxylation sites is 1. The number of nitrogens with one attached hydrogen (secondary N) is 2. The van der Waals surface area contributed by atoms with Gasteiger partial charge in [0.25, 0.3) is 0 Å². The zero-order chi connectivity index (χ0) is 17.2. The van der Waals surface area contributed by atoms with E-state index in [2.05, 4.69) is 15.8 Å². The summed E-state index contributed by atoms with van der Waals surface area (Å²) in [5.74, 6) is 0.605. The first-order chi connectivity index (χ1) is 11.0. The van der Waals surface area contributed by atoms with E-state index in [4.69, 9.17) is 9.47 Å². The van der Waals surface area contributed by atoms with Gasteiger partial charge >= 0.3 is 0 Å². The SMILES string of the molecule is COc1cccc(/C=N\NC(=O)CC(=O)NCC(C)C)c1OC. The molecule has 0 saturated carbocycles. The second kappa shape index (κ2) is 9.45. The van der Waals surface area contributed by atoms with Gasteiger partial charge in [-0.1, -0.05) is 19.9 Å². The summed E-state index contributed by atoms with van der Waals surface area (Å²) in [6.45, 7) is 4.49. The normalized spacial score (nSPS) is 10.7. The third-order valence-electron chi connectivity index (χ3n) is 2.85. The second-order valence-electron chi connectivity index (χ2n) is 5.25. The number of ether oxygens (including phenoxy) is 2. The Morgan fingerprint density at radius 3 is 2.57 bits per heavy atom. The highest BCUT2D eigenvalue weighted by Crippen LogP contribution is 2.29. The van der Waals surface area contributed by atoms with Crippen molar-refractivity contribution in [3.8, 4) is 11.5 Å². The molecule has 0 spiro atoms. The van der Waals surface area contributed by atoms with E-state index >= 15 is 0 Å². The van der Waals surface area contributed by atoms with Gasteiger partial charge in [-0.2, -0.15) is 5.10 Å². The highest BCUT2D eigenvalue weighted by Gasteiger charge is 2.10. The van der Waals surface area contributed by atoms with E-state index in [1.807, 2.05) is 13.8 Å². The fourth-order valence-electron chi connectivity index (χ4n) is 1.75. The molecule has 7 heteroatoms. The molecule has 1 aromatic rings. The first-order valence-electron chi connectivity index (χ1n) is 7.27. The molecule has 0 bridgehead atoms. The molecule has 1 rings (SSSR count). The molecule has 0 atom stereocenters. The molecule has 0 heterocycles. The number of carbonyl (C=O) groups is 2. The molecule has 0 fully saturated rings. The largest absolute Gasteiger partial charge is 0.493 e. The van der Waals surface area contributed by atoms with Crippen LogP contribution >= 0.6 is 0 Å². The topological polar surface area (TPSA) is 89.0 Å². The quantitative estimate of drug-likeness (QED) is 0.429. The van der Waals surface area contributed by atoms with Gasteiger partial charge in [0.1, 0.15) is 6.42 Å². The van der Waals surface area contributed by atoms with Crippen LogP contribution in [0.25, 0.3) is 0 Å². The average Bonchev–Trinajstić information content (AvgIpc) is 2.52. The van der Waals surface area contributed by atoms with Gasteiger partial charge in [0.05, 0.1) is 20.4 Å². The minimum atomic E-state index is -0.482. The Labute approximate surface area is 136 Å². The van der Waals surface area contributed by atoms with E-state index in [0.717, 1.165) is 0 Å². The summed E-state index contributed by atoms with van der Waals surface area (Å²) in [6, 6.07) is 5.31. The van der Waals surface area contributed by atoms with Gasteiger partial charge in [-0.3, -0.25) is 9.59 Å². The number of hydrazone groups is 1. The molecule has 1 aromatic carbocycles. The number of hydrogen-bond acceptors (Lipinski definition) is 5. The van der Waals surface area contributed by atoms with Crippen molar-refractivity contribution < 1.29 is 19.1 Å². The van der Waals surface area contributed by atoms with Crippen LogP contribution in [0.4, 0.5) is 0 Å². The van der Waals surface area contributed by atoms with Crippen LogP contribution in [0.5, 0.6) is 11.5 Å². The van der Waals surface area contributed by atoms with Crippen molar-refractivity contribution in [2.24, 2.45) is 11.0 Å². The fourth-order valence-corrected chi connectivity index (χ4v) is 1.75. The average molecular weight is 321 g/mol. The van der Waals surface area contributed by atoms with Crippen molar-refractivity contribution >= 4 is 18.0 Å². The van der Waals surface area contributed by atoms with Crippen LogP contribution < -0.4 is 20.2 Å². The monoisotopic (exact) mass is 321 g/mol. The van der Waals surface area contributed by atoms with Gasteiger partial charge in [-0.05, 0) is 18.1 Å². The van der Waals surface area contributed by atoms with Crippen molar-refractivity contribution in [3.63, 3.8) is 0 Å². The van der Waals surface area contributed by atoms with Gasteiger partial charge in [-0.15, -0.1) is 0 Å². The predicted molar refractivity (Wildman–Crippen MR) is 87.7 cm³/mol. The fraction of sp³-hybridized carbons (Fsp3) is 0.438. The lowest BCUT2D eigenvalue weighted by Gasteiger charge is -2.09. The smallest absolute Gasteiger partial charge is 0.249 e. The number of methoxy groups -OCH3 is 2. The summed E-state index contributed by atoms with van der Waals surface area (Å²) in [5.41, 5.74) is 2.96. The number of rotatable bonds is 8. The molecular formula is C16H23N3O4. The van der Waals surface area contributed by atoms with Crippen LogP contribution in [0.3, 0.4) is 0 Å². The van der Waals surface area contributed by atoms with Crippen molar-refractivity contribution in [2.75, 3.05) is 20.8 Å². The first kappa shape index (κ1) is 18.5. The molecule has 0 radical (unpaired) electrons. The van der Waals surface area contributed by atoms with Gasteiger partial charge in [-0.25, -0.2) is 5.43 Å². The lowest BCUT2D eigenvalue weighted by Crippen LogP contribution is -2.32. The van der Waals surface area contributed by atoms with Gasteiger partial charge in [0.2, 0.25) is 11.8 Å². The highest BCUT2D eigenvalue weighted by molar-refractivity contribution is 5.97. The van der Waals surface area contributed by atoms with Gasteiger partial charge in [0, 0.05) is 12.1 Å². The first-order valence-corrected chi connectivity index (χ1v) is 7.27. The Morgan fingerprint density at radius 2 is 1.96 bits per heavy atom. The number of hydrogen-bond donors (Lipinski definition) is 2. The van der Waals surface area contributed by atoms with Crippen LogP contribution in [0.2, 0.25) is 0 Å². The highest BCUT2D eigenvalue weighted by atomic mass is 16.5. The lowest BCUT2D eigenvalue weighted by molar-refractivity contribution is -0.129. The third kappa shape index (κ3) is 6.37. The molecule has 2 amide bonds. The molecule has 126 valence electrons. The maximum Gasteiger partial charge on any atom is 0.249 e. The lowest BCUT2D eigenvalue weighted by atomic mass is 10.2. The molecule has 0 aliphatic carbocycles. The minimum absolute atomic E-state index is 0.265. The number of amides is 2. The second-order valence-corrected chi connectivity index (χ2v) is 5.25. The van der Waals surface area contributed by atoms with Gasteiger partial charge < -0.3 is 14.8 Å². The summed E-state index contributed by atoms with van der Waals surface area (Å²) >= 11 is 0. The Hall–Kier alpha value is -2.57. The number of nitrogens with zero attached hydrogens (tertiary/aromatic N) is 1. The molecule has 0 saturated heterocycles. The van der Waals surface area contributed by atoms with E-state index in [-0.39, 0.29) is 12.3 Å². The van der Waals surface area contributed by atoms with E-state index in [0.29, 0.717) is 29.5 Å². The van der Waals surface area contributed by atoms with Crippen molar-refractivity contribution in [1.29, 1.82) is 0 Å². The molecule has 0 unspecified atom stereocenters. The standard InChI is InChI=1S/C16H23N3O4/c1-11(2)9-17-14(20)8-15(21)19-18-10-12-6-5-7-13(22-3)16(12)23-4/h5-7,10-11H,8-9H2,1-4H3,(H,17,20)(H,19,21)/b18-10-.